The van der Waals surface area contributed by atoms with Crippen LogP contribution in [-0.4, -0.2) is 73.5 Å². The zero-order chi connectivity index (χ0) is 22.3. The number of aryl methyl sites for hydroxylation is 1. The van der Waals surface area contributed by atoms with Crippen LogP contribution in [0.15, 0.2) is 18.2 Å². The Morgan fingerprint density at radius 2 is 1.87 bits per heavy atom. The average molecular weight is 545 g/mol. The number of ether oxygens (including phenoxy) is 1. The number of quaternary nitrogens is 1. The number of amides is 2. The van der Waals surface area contributed by atoms with Gasteiger partial charge in [0.1, 0.15) is 0 Å². The molecule has 0 aliphatic carbocycles. The molecule has 2 unspecified atom stereocenters. The molecule has 1 N–H and O–H groups in total. The van der Waals surface area contributed by atoms with Crippen LogP contribution in [0.5, 0.6) is 0 Å². The molecule has 1 fully saturated rings. The van der Waals surface area contributed by atoms with E-state index in [1.165, 1.54) is 7.11 Å². The molecule has 1 heterocycles. The molecule has 0 spiro atoms. The number of hydrogen-bond donors (Lipinski definition) is 1. The number of hydrogen-bond acceptors (Lipinski definition) is 4. The molecule has 0 saturated carbocycles. The molecule has 7 nitrogen and oxygen atoms in total. The number of carbonyl (C=O) groups is 3. The predicted octanol–water partition coefficient (Wildman–Crippen LogP) is -0.161. The summed E-state index contributed by atoms with van der Waals surface area (Å²) in [5.74, 6) is -0.470. The van der Waals surface area contributed by atoms with Crippen LogP contribution in [0.4, 0.5) is 5.69 Å². The number of likely N-dealkylation sites (N-methyl/N-ethyl adjacent to an activating group) is 1. The molecule has 1 saturated heterocycles. The van der Waals surface area contributed by atoms with Crippen molar-refractivity contribution in [2.24, 2.45) is 5.92 Å². The number of anilines is 1. The van der Waals surface area contributed by atoms with Gasteiger partial charge in [0.25, 0.3) is 5.91 Å². The second-order valence-corrected chi connectivity index (χ2v) is 8.11. The molecular formula is C23H36IN3O4. The van der Waals surface area contributed by atoms with Crippen molar-refractivity contribution in [2.45, 2.75) is 40.5 Å². The van der Waals surface area contributed by atoms with E-state index in [-0.39, 0.29) is 48.3 Å². The number of para-hydroxylation sites is 1. The lowest BCUT2D eigenvalue weighted by atomic mass is 9.93. The zero-order valence-corrected chi connectivity index (χ0v) is 21.5. The van der Waals surface area contributed by atoms with Crippen molar-refractivity contribution in [3.8, 4) is 0 Å². The lowest BCUT2D eigenvalue weighted by Gasteiger charge is -2.43. The molecule has 0 radical (unpaired) electrons. The summed E-state index contributed by atoms with van der Waals surface area (Å²) in [6, 6.07) is 5.27. The first-order valence-electron chi connectivity index (χ1n) is 10.9. The fourth-order valence-corrected chi connectivity index (χ4v) is 4.46. The number of piperidine rings is 1. The maximum absolute atomic E-state index is 13.0. The molecule has 31 heavy (non-hydrogen) atoms. The van der Waals surface area contributed by atoms with Crippen LogP contribution >= 0.6 is 0 Å². The van der Waals surface area contributed by atoms with E-state index in [4.69, 9.17) is 4.74 Å². The van der Waals surface area contributed by atoms with Crippen molar-refractivity contribution >= 4 is 23.5 Å². The van der Waals surface area contributed by atoms with E-state index in [9.17, 15) is 14.4 Å². The van der Waals surface area contributed by atoms with Gasteiger partial charge in [0, 0.05) is 13.1 Å². The van der Waals surface area contributed by atoms with Crippen molar-refractivity contribution < 1.29 is 47.6 Å². The van der Waals surface area contributed by atoms with Crippen molar-refractivity contribution in [3.05, 3.63) is 29.3 Å². The number of rotatable bonds is 8. The lowest BCUT2D eigenvalue weighted by molar-refractivity contribution is -0.925. The zero-order valence-electron chi connectivity index (χ0n) is 19.4. The van der Waals surface area contributed by atoms with Crippen LogP contribution in [0, 0.1) is 12.8 Å². The van der Waals surface area contributed by atoms with Crippen LogP contribution in [-0.2, 0) is 14.3 Å². The summed E-state index contributed by atoms with van der Waals surface area (Å²) >= 11 is 0. The summed E-state index contributed by atoms with van der Waals surface area (Å²) in [7, 11) is 1.33. The van der Waals surface area contributed by atoms with Gasteiger partial charge in [-0.05, 0) is 52.2 Å². The normalized spacial score (nSPS) is 20.4. The van der Waals surface area contributed by atoms with Gasteiger partial charge >= 0.3 is 5.97 Å². The molecular weight excluding hydrogens is 509 g/mol. The van der Waals surface area contributed by atoms with Gasteiger partial charge in [-0.2, -0.15) is 0 Å². The molecule has 1 aliphatic rings. The maximum Gasteiger partial charge on any atom is 0.339 e. The average Bonchev–Trinajstić information content (AvgIpc) is 2.75. The van der Waals surface area contributed by atoms with Crippen molar-refractivity contribution in [1.82, 2.24) is 4.90 Å². The maximum atomic E-state index is 13.0. The third kappa shape index (κ3) is 6.65. The third-order valence-corrected chi connectivity index (χ3v) is 6.31. The minimum atomic E-state index is -0.476. The van der Waals surface area contributed by atoms with Crippen LogP contribution in [0.2, 0.25) is 0 Å². The van der Waals surface area contributed by atoms with E-state index in [2.05, 4.69) is 12.2 Å². The summed E-state index contributed by atoms with van der Waals surface area (Å²) in [5.41, 5.74) is 1.65. The highest BCUT2D eigenvalue weighted by Gasteiger charge is 2.39. The third-order valence-electron chi connectivity index (χ3n) is 6.31. The van der Waals surface area contributed by atoms with E-state index >= 15 is 0 Å². The highest BCUT2D eigenvalue weighted by molar-refractivity contribution is 6.02. The van der Waals surface area contributed by atoms with Gasteiger partial charge in [0.2, 0.25) is 5.91 Å². The Labute approximate surface area is 203 Å². The van der Waals surface area contributed by atoms with Gasteiger partial charge in [-0.3, -0.25) is 9.59 Å². The molecule has 0 aromatic heterocycles. The first-order valence-corrected chi connectivity index (χ1v) is 10.9. The Morgan fingerprint density at radius 1 is 1.19 bits per heavy atom. The largest absolute Gasteiger partial charge is 1.00 e. The van der Waals surface area contributed by atoms with Gasteiger partial charge in [-0.1, -0.05) is 12.1 Å². The van der Waals surface area contributed by atoms with Crippen molar-refractivity contribution in [2.75, 3.05) is 51.7 Å². The van der Waals surface area contributed by atoms with E-state index < -0.39 is 5.97 Å². The predicted molar refractivity (Wildman–Crippen MR) is 117 cm³/mol. The Balaban J connectivity index is 0.00000480. The quantitative estimate of drug-likeness (QED) is 0.280. The highest BCUT2D eigenvalue weighted by Crippen LogP contribution is 2.26. The summed E-state index contributed by atoms with van der Waals surface area (Å²) in [5, 5.41) is 2.94. The van der Waals surface area contributed by atoms with E-state index in [1.807, 2.05) is 31.7 Å². The second-order valence-electron chi connectivity index (χ2n) is 8.11. The number of carbonyl (C=O) groups excluding carboxylic acids is 3. The van der Waals surface area contributed by atoms with Crippen LogP contribution in [0.25, 0.3) is 0 Å². The monoisotopic (exact) mass is 545 g/mol. The summed E-state index contributed by atoms with van der Waals surface area (Å²) < 4.78 is 5.44. The number of likely N-dealkylation sites (tertiary alicyclic amines) is 1. The van der Waals surface area contributed by atoms with Crippen LogP contribution in [0.1, 0.15) is 49.5 Å². The Hall–Kier alpha value is -1.68. The standard InChI is InChI=1S/C23H35N3O4.HI/c1-6-25(7-2)22(28)18-12-10-14-26(8-3,15-18)16-20(27)24-21-17(4)11-9-13-19(21)23(29)30-5;/h9,11,13,18H,6-8,10,12,14-16H2,1-5H3;1H. The first-order chi connectivity index (χ1) is 14.3. The van der Waals surface area contributed by atoms with E-state index in [0.717, 1.165) is 31.5 Å². The first kappa shape index (κ1) is 27.4. The van der Waals surface area contributed by atoms with Gasteiger partial charge in [0.15, 0.2) is 6.54 Å². The Morgan fingerprint density at radius 3 is 2.45 bits per heavy atom. The fourth-order valence-electron chi connectivity index (χ4n) is 4.46. The number of halogens is 1. The topological polar surface area (TPSA) is 75.7 Å². The molecule has 1 aromatic rings. The second kappa shape index (κ2) is 12.4. The number of methoxy groups -OCH3 is 1. The molecule has 0 bridgehead atoms. The molecule has 2 atom stereocenters. The van der Waals surface area contributed by atoms with Gasteiger partial charge in [0.05, 0.1) is 43.9 Å². The van der Waals surface area contributed by atoms with E-state index in [1.54, 1.807) is 12.1 Å². The smallest absolute Gasteiger partial charge is 0.339 e. The molecule has 174 valence electrons. The van der Waals surface area contributed by atoms with Gasteiger partial charge in [-0.25, -0.2) is 4.79 Å². The van der Waals surface area contributed by atoms with Gasteiger partial charge in [-0.15, -0.1) is 0 Å². The Bertz CT molecular complexity index is 782. The molecule has 2 amide bonds. The number of esters is 1. The fraction of sp³-hybridized carbons (Fsp3) is 0.609. The molecule has 1 aliphatic heterocycles. The summed E-state index contributed by atoms with van der Waals surface area (Å²) in [6.07, 6.45) is 1.80. The van der Waals surface area contributed by atoms with Gasteiger partial charge < -0.3 is 43.4 Å². The number of benzene rings is 1. The molecule has 1 aromatic carbocycles. The minimum absolute atomic E-state index is 0. The highest BCUT2D eigenvalue weighted by atomic mass is 127. The lowest BCUT2D eigenvalue weighted by Crippen LogP contribution is -3.00. The van der Waals surface area contributed by atoms with Crippen LogP contribution < -0.4 is 29.3 Å². The van der Waals surface area contributed by atoms with Crippen molar-refractivity contribution in [1.29, 1.82) is 0 Å². The van der Waals surface area contributed by atoms with Crippen LogP contribution in [0.3, 0.4) is 0 Å². The Kier molecular flexibility index (Phi) is 10.9. The number of nitrogens with one attached hydrogen (secondary N) is 1. The summed E-state index contributed by atoms with van der Waals surface area (Å²) in [6.45, 7) is 12.0. The van der Waals surface area contributed by atoms with Crippen molar-refractivity contribution in [3.63, 3.8) is 0 Å². The molecule has 2 rings (SSSR count). The summed E-state index contributed by atoms with van der Waals surface area (Å²) in [4.78, 5) is 39.9. The van der Waals surface area contributed by atoms with E-state index in [0.29, 0.717) is 35.4 Å². The molecule has 8 heteroatoms. The number of nitrogens with zero attached hydrogens (tertiary/aromatic N) is 2. The minimum Gasteiger partial charge on any atom is -1.00 e. The SMILES string of the molecule is CCN(CC)C(=O)C1CCC[N+](CC)(CC(=O)Nc2c(C)cccc2C(=O)OC)C1.[I-].